The third-order valence-corrected chi connectivity index (χ3v) is 2.57. The van der Waals surface area contributed by atoms with Gasteiger partial charge in [-0.05, 0) is 29.2 Å². The van der Waals surface area contributed by atoms with Crippen LogP contribution in [0.5, 0.6) is 5.75 Å². The summed E-state index contributed by atoms with van der Waals surface area (Å²) in [6, 6.07) is 3.44. The molecule has 0 aliphatic heterocycles. The number of hydrogen-bond donors (Lipinski definition) is 2. The van der Waals surface area contributed by atoms with Crippen LogP contribution in [-0.4, -0.2) is 13.3 Å². The second-order valence-electron chi connectivity index (χ2n) is 3.68. The molecular weight excluding hydrogens is 282 g/mol. The van der Waals surface area contributed by atoms with E-state index in [2.05, 4.69) is 12.6 Å². The van der Waals surface area contributed by atoms with Gasteiger partial charge in [0, 0.05) is 12.1 Å². The number of benzene rings is 1. The van der Waals surface area contributed by atoms with E-state index >= 15 is 0 Å². The maximum absolute atomic E-state index is 12.9. The molecule has 0 unspecified atom stereocenters. The molecule has 0 saturated heterocycles. The van der Waals surface area contributed by atoms with Crippen molar-refractivity contribution in [3.63, 3.8) is 0 Å². The molecule has 0 aliphatic rings. The highest BCUT2D eigenvalue weighted by Crippen LogP contribution is 2.37. The van der Waals surface area contributed by atoms with Crippen molar-refractivity contribution in [3.05, 3.63) is 34.7 Å². The van der Waals surface area contributed by atoms with E-state index < -0.39 is 18.4 Å². The Morgan fingerprint density at radius 2 is 2.05 bits per heavy atom. The maximum atomic E-state index is 12.9. The van der Waals surface area contributed by atoms with Gasteiger partial charge in [0.05, 0.1) is 18.8 Å². The molecule has 7 heteroatoms. The van der Waals surface area contributed by atoms with Crippen LogP contribution in [0.3, 0.4) is 0 Å². The summed E-state index contributed by atoms with van der Waals surface area (Å²) in [4.78, 5) is 0. The van der Waals surface area contributed by atoms with Crippen molar-refractivity contribution in [1.82, 2.24) is 0 Å². The zero-order chi connectivity index (χ0) is 14.5. The Balaban J connectivity index is 3.10. The molecule has 0 aromatic heterocycles. The molecule has 106 valence electrons. The monoisotopic (exact) mass is 295 g/mol. The van der Waals surface area contributed by atoms with Crippen molar-refractivity contribution in [3.8, 4) is 5.75 Å². The van der Waals surface area contributed by atoms with Gasteiger partial charge in [0.25, 0.3) is 0 Å². The Morgan fingerprint density at radius 1 is 1.37 bits per heavy atom. The molecule has 0 amide bonds. The Hall–Kier alpha value is -1.37. The van der Waals surface area contributed by atoms with E-state index in [0.717, 1.165) is 6.07 Å². The molecule has 1 rings (SSSR count). The van der Waals surface area contributed by atoms with Gasteiger partial charge >= 0.3 is 6.18 Å². The molecule has 0 aliphatic carbocycles. The van der Waals surface area contributed by atoms with Crippen molar-refractivity contribution in [2.24, 2.45) is 5.73 Å². The van der Waals surface area contributed by atoms with Crippen LogP contribution in [0.2, 0.25) is 0 Å². The Kier molecular flexibility index (Phi) is 5.53. The molecule has 0 spiro atoms. The zero-order valence-electron chi connectivity index (χ0n) is 9.88. The second-order valence-corrected chi connectivity index (χ2v) is 3.94. The van der Waals surface area contributed by atoms with E-state index in [4.69, 9.17) is 10.5 Å². The summed E-state index contributed by atoms with van der Waals surface area (Å²) < 4.78 is 55.5. The lowest BCUT2D eigenvalue weighted by molar-refractivity contribution is -0.139. The Bertz CT molecular complexity index is 460. The van der Waals surface area contributed by atoms with Crippen LogP contribution in [0.15, 0.2) is 23.6 Å². The maximum Gasteiger partial charge on any atom is 0.419 e. The highest BCUT2D eigenvalue weighted by molar-refractivity contribution is 7.83. The van der Waals surface area contributed by atoms with Gasteiger partial charge in [-0.3, -0.25) is 4.39 Å². The number of nitrogens with two attached hydrogens (primary N) is 1. The Labute approximate surface area is 113 Å². The van der Waals surface area contributed by atoms with E-state index in [9.17, 15) is 17.6 Å². The summed E-state index contributed by atoms with van der Waals surface area (Å²) >= 11 is 3.79. The average molecular weight is 295 g/mol. The van der Waals surface area contributed by atoms with Crippen molar-refractivity contribution in [1.29, 1.82) is 0 Å². The summed E-state index contributed by atoms with van der Waals surface area (Å²) in [7, 11) is 0. The van der Waals surface area contributed by atoms with Crippen LogP contribution in [0.25, 0.3) is 5.70 Å². The first-order chi connectivity index (χ1) is 8.90. The van der Waals surface area contributed by atoms with Gasteiger partial charge in [0.2, 0.25) is 0 Å². The summed E-state index contributed by atoms with van der Waals surface area (Å²) in [5, 5.41) is 1.21. The summed E-state index contributed by atoms with van der Waals surface area (Å²) in [5.41, 5.74) is 4.87. The van der Waals surface area contributed by atoms with E-state index in [0.29, 0.717) is 0 Å². The number of hydrogen-bond acceptors (Lipinski definition) is 3. The van der Waals surface area contributed by atoms with Gasteiger partial charge in [-0.1, -0.05) is 0 Å². The van der Waals surface area contributed by atoms with E-state index in [1.165, 1.54) is 17.5 Å². The van der Waals surface area contributed by atoms with Crippen molar-refractivity contribution in [2.75, 3.05) is 13.3 Å². The standard InChI is InChI=1S/C12H13F4NOS/c13-4-1-5-18-11-3-2-8(10(17)7-19)6-9(11)12(14,15)16/h2-3,6-7,19H,1,4-5,17H2/b10-7-. The topological polar surface area (TPSA) is 35.2 Å². The SMILES string of the molecule is N/C(=C\S)c1ccc(OCCCF)c(C(F)(F)F)c1. The molecule has 0 atom stereocenters. The molecule has 2 nitrogen and oxygen atoms in total. The lowest BCUT2D eigenvalue weighted by Crippen LogP contribution is -2.11. The molecule has 0 radical (unpaired) electrons. The zero-order valence-corrected chi connectivity index (χ0v) is 10.8. The Morgan fingerprint density at radius 3 is 2.58 bits per heavy atom. The smallest absolute Gasteiger partial charge is 0.419 e. The van der Waals surface area contributed by atoms with E-state index in [1.54, 1.807) is 0 Å². The molecule has 0 bridgehead atoms. The first kappa shape index (κ1) is 15.7. The van der Waals surface area contributed by atoms with E-state index in [1.807, 2.05) is 0 Å². The van der Waals surface area contributed by atoms with Gasteiger partial charge < -0.3 is 10.5 Å². The number of ether oxygens (including phenoxy) is 1. The molecule has 0 heterocycles. The third kappa shape index (κ3) is 4.34. The minimum Gasteiger partial charge on any atom is -0.493 e. The second kappa shape index (κ2) is 6.70. The quantitative estimate of drug-likeness (QED) is 0.494. The van der Waals surface area contributed by atoms with Crippen LogP contribution in [0, 0.1) is 0 Å². The molecule has 0 saturated carbocycles. The molecule has 0 fully saturated rings. The van der Waals surface area contributed by atoms with Crippen molar-refractivity contribution >= 4 is 18.3 Å². The lowest BCUT2D eigenvalue weighted by Gasteiger charge is -2.15. The van der Waals surface area contributed by atoms with E-state index in [-0.39, 0.29) is 30.0 Å². The number of rotatable bonds is 5. The van der Waals surface area contributed by atoms with Crippen LogP contribution in [-0.2, 0) is 6.18 Å². The minimum atomic E-state index is -4.57. The molecule has 2 N–H and O–H groups in total. The first-order valence-corrected chi connectivity index (χ1v) is 5.92. The summed E-state index contributed by atoms with van der Waals surface area (Å²) in [6.45, 7) is -0.758. The van der Waals surface area contributed by atoms with Gasteiger partial charge in [0.1, 0.15) is 5.75 Å². The van der Waals surface area contributed by atoms with Gasteiger partial charge in [-0.2, -0.15) is 13.2 Å². The van der Waals surface area contributed by atoms with Crippen LogP contribution < -0.4 is 10.5 Å². The minimum absolute atomic E-state index is 0.0394. The normalized spacial score (nSPS) is 12.6. The third-order valence-electron chi connectivity index (χ3n) is 2.29. The highest BCUT2D eigenvalue weighted by Gasteiger charge is 2.34. The summed E-state index contributed by atoms with van der Waals surface area (Å²) in [5.74, 6) is -0.336. The van der Waals surface area contributed by atoms with Gasteiger partial charge in [0.15, 0.2) is 0 Å². The van der Waals surface area contributed by atoms with Gasteiger partial charge in [-0.25, -0.2) is 0 Å². The number of thiol groups is 1. The fraction of sp³-hybridized carbons (Fsp3) is 0.333. The predicted molar refractivity (Wildman–Crippen MR) is 68.7 cm³/mol. The largest absolute Gasteiger partial charge is 0.493 e. The lowest BCUT2D eigenvalue weighted by atomic mass is 10.1. The number of halogens is 4. The molecule has 1 aromatic rings. The molecular formula is C12H13F4NOS. The van der Waals surface area contributed by atoms with Crippen LogP contribution >= 0.6 is 12.6 Å². The van der Waals surface area contributed by atoms with Crippen molar-refractivity contribution < 1.29 is 22.3 Å². The molecule has 19 heavy (non-hydrogen) atoms. The predicted octanol–water partition coefficient (Wildman–Crippen LogP) is 3.63. The fourth-order valence-corrected chi connectivity index (χ4v) is 1.52. The number of alkyl halides is 4. The first-order valence-electron chi connectivity index (χ1n) is 5.40. The fourth-order valence-electron chi connectivity index (χ4n) is 1.37. The van der Waals surface area contributed by atoms with Crippen LogP contribution in [0.1, 0.15) is 17.5 Å². The molecule has 1 aromatic carbocycles. The van der Waals surface area contributed by atoms with Gasteiger partial charge in [-0.15, -0.1) is 12.6 Å². The van der Waals surface area contributed by atoms with Crippen molar-refractivity contribution in [2.45, 2.75) is 12.6 Å². The average Bonchev–Trinajstić information content (AvgIpc) is 2.37. The van der Waals surface area contributed by atoms with Crippen LogP contribution in [0.4, 0.5) is 17.6 Å². The summed E-state index contributed by atoms with van der Waals surface area (Å²) in [6.07, 6.45) is -4.53. The highest BCUT2D eigenvalue weighted by atomic mass is 32.1.